The Morgan fingerprint density at radius 1 is 1.29 bits per heavy atom. The van der Waals surface area contributed by atoms with E-state index in [1.165, 1.54) is 0 Å². The average Bonchev–Trinajstić information content (AvgIpc) is 2.82. The van der Waals surface area contributed by atoms with Crippen LogP contribution in [0.25, 0.3) is 0 Å². The molecule has 0 aromatic heterocycles. The fourth-order valence-corrected chi connectivity index (χ4v) is 3.63. The second-order valence-corrected chi connectivity index (χ2v) is 5.02. The van der Waals surface area contributed by atoms with Crippen molar-refractivity contribution in [3.63, 3.8) is 0 Å². The molecule has 3 aliphatic rings. The molecule has 3 fully saturated rings. The van der Waals surface area contributed by atoms with E-state index in [4.69, 9.17) is 9.47 Å². The zero-order valence-electron chi connectivity index (χ0n) is 8.61. The topological polar surface area (TPSA) is 38.7 Å². The maximum absolute atomic E-state index is 10.0. The number of fused-ring (bicyclic) bond motifs is 2. The molecule has 0 bridgehead atoms. The van der Waals surface area contributed by atoms with Gasteiger partial charge in [0.05, 0.1) is 19.3 Å². The SMILES string of the molecule is C[C@@H]1C[C@H]2[C@H](CCC23OCCO3)[C@@H]1O. The third kappa shape index (κ3) is 1.03. The summed E-state index contributed by atoms with van der Waals surface area (Å²) in [6.45, 7) is 3.59. The molecule has 1 heterocycles. The predicted molar refractivity (Wildman–Crippen MR) is 50.6 cm³/mol. The Labute approximate surface area is 84.4 Å². The van der Waals surface area contributed by atoms with Gasteiger partial charge in [-0.25, -0.2) is 0 Å². The Kier molecular flexibility index (Phi) is 1.92. The van der Waals surface area contributed by atoms with E-state index in [-0.39, 0.29) is 11.9 Å². The van der Waals surface area contributed by atoms with Crippen LogP contribution in [-0.2, 0) is 9.47 Å². The quantitative estimate of drug-likeness (QED) is 0.634. The van der Waals surface area contributed by atoms with Crippen LogP contribution >= 0.6 is 0 Å². The summed E-state index contributed by atoms with van der Waals surface area (Å²) in [6.07, 6.45) is 2.97. The maximum Gasteiger partial charge on any atom is 0.171 e. The first-order valence-electron chi connectivity index (χ1n) is 5.69. The van der Waals surface area contributed by atoms with Crippen LogP contribution in [0, 0.1) is 17.8 Å². The molecule has 3 heteroatoms. The summed E-state index contributed by atoms with van der Waals surface area (Å²) in [4.78, 5) is 0. The molecule has 3 nitrogen and oxygen atoms in total. The van der Waals surface area contributed by atoms with Crippen LogP contribution in [0.2, 0.25) is 0 Å². The second-order valence-electron chi connectivity index (χ2n) is 5.02. The molecular weight excluding hydrogens is 180 g/mol. The number of hydrogen-bond acceptors (Lipinski definition) is 3. The molecule has 2 aliphatic carbocycles. The lowest BCUT2D eigenvalue weighted by Gasteiger charge is -2.28. The highest BCUT2D eigenvalue weighted by atomic mass is 16.7. The Morgan fingerprint density at radius 3 is 2.71 bits per heavy atom. The summed E-state index contributed by atoms with van der Waals surface area (Å²) in [5.74, 6) is 0.962. The number of aliphatic hydroxyl groups excluding tert-OH is 1. The first-order valence-corrected chi connectivity index (χ1v) is 5.69. The largest absolute Gasteiger partial charge is 0.393 e. The van der Waals surface area contributed by atoms with E-state index < -0.39 is 0 Å². The average molecular weight is 198 g/mol. The molecule has 0 radical (unpaired) electrons. The van der Waals surface area contributed by atoms with Gasteiger partial charge in [0.25, 0.3) is 0 Å². The molecule has 1 aliphatic heterocycles. The number of aliphatic hydroxyl groups is 1. The van der Waals surface area contributed by atoms with Crippen molar-refractivity contribution in [3.05, 3.63) is 0 Å². The first-order chi connectivity index (χ1) is 6.73. The third-order valence-electron chi connectivity index (χ3n) is 4.33. The van der Waals surface area contributed by atoms with Crippen molar-refractivity contribution in [3.8, 4) is 0 Å². The van der Waals surface area contributed by atoms with Gasteiger partial charge in [0.1, 0.15) is 0 Å². The van der Waals surface area contributed by atoms with Gasteiger partial charge in [-0.3, -0.25) is 0 Å². The van der Waals surface area contributed by atoms with Gasteiger partial charge in [-0.05, 0) is 24.7 Å². The molecule has 0 unspecified atom stereocenters. The van der Waals surface area contributed by atoms with Crippen LogP contribution < -0.4 is 0 Å². The Balaban J connectivity index is 1.86. The zero-order valence-corrected chi connectivity index (χ0v) is 8.61. The van der Waals surface area contributed by atoms with Gasteiger partial charge in [-0.1, -0.05) is 6.92 Å². The summed E-state index contributed by atoms with van der Waals surface area (Å²) in [5, 5.41) is 10.0. The molecule has 14 heavy (non-hydrogen) atoms. The van der Waals surface area contributed by atoms with E-state index in [2.05, 4.69) is 6.92 Å². The van der Waals surface area contributed by atoms with E-state index in [1.807, 2.05) is 0 Å². The van der Waals surface area contributed by atoms with Crippen molar-refractivity contribution < 1.29 is 14.6 Å². The first kappa shape index (κ1) is 9.13. The summed E-state index contributed by atoms with van der Waals surface area (Å²) in [7, 11) is 0. The lowest BCUT2D eigenvalue weighted by Crippen LogP contribution is -2.35. The third-order valence-corrected chi connectivity index (χ3v) is 4.33. The number of hydrogen-bond donors (Lipinski definition) is 1. The van der Waals surface area contributed by atoms with Gasteiger partial charge in [0.2, 0.25) is 0 Å². The monoisotopic (exact) mass is 198 g/mol. The van der Waals surface area contributed by atoms with Crippen LogP contribution in [0.15, 0.2) is 0 Å². The van der Waals surface area contributed by atoms with Crippen molar-refractivity contribution in [2.45, 2.75) is 38.1 Å². The number of rotatable bonds is 0. The molecular formula is C11H18O3. The Morgan fingerprint density at radius 2 is 2.00 bits per heavy atom. The van der Waals surface area contributed by atoms with Crippen LogP contribution in [-0.4, -0.2) is 30.2 Å². The molecule has 0 aromatic rings. The van der Waals surface area contributed by atoms with E-state index in [0.29, 0.717) is 17.8 Å². The molecule has 2 saturated carbocycles. The Hall–Kier alpha value is -0.120. The van der Waals surface area contributed by atoms with Crippen LogP contribution in [0.1, 0.15) is 26.2 Å². The fraction of sp³-hybridized carbons (Fsp3) is 1.00. The van der Waals surface area contributed by atoms with Crippen molar-refractivity contribution >= 4 is 0 Å². The van der Waals surface area contributed by atoms with Gasteiger partial charge in [0.15, 0.2) is 5.79 Å². The minimum Gasteiger partial charge on any atom is -0.393 e. The van der Waals surface area contributed by atoms with Gasteiger partial charge in [0, 0.05) is 12.3 Å². The molecule has 1 N–H and O–H groups in total. The van der Waals surface area contributed by atoms with Crippen LogP contribution in [0.3, 0.4) is 0 Å². The normalized spacial score (nSPS) is 50.1. The highest BCUT2D eigenvalue weighted by Crippen LogP contribution is 2.55. The molecule has 1 saturated heterocycles. The minimum atomic E-state index is -0.309. The second kappa shape index (κ2) is 2.94. The van der Waals surface area contributed by atoms with E-state index >= 15 is 0 Å². The predicted octanol–water partition coefficient (Wildman–Crippen LogP) is 1.16. The molecule has 80 valence electrons. The highest BCUT2D eigenvalue weighted by molar-refractivity contribution is 5.02. The van der Waals surface area contributed by atoms with Gasteiger partial charge in [-0.15, -0.1) is 0 Å². The summed E-state index contributed by atoms with van der Waals surface area (Å²) in [5.41, 5.74) is 0. The van der Waals surface area contributed by atoms with Crippen LogP contribution in [0.4, 0.5) is 0 Å². The van der Waals surface area contributed by atoms with Gasteiger partial charge in [-0.2, -0.15) is 0 Å². The lowest BCUT2D eigenvalue weighted by molar-refractivity contribution is -0.184. The number of ether oxygens (including phenoxy) is 2. The van der Waals surface area contributed by atoms with Crippen LogP contribution in [0.5, 0.6) is 0 Å². The van der Waals surface area contributed by atoms with Crippen molar-refractivity contribution in [2.75, 3.05) is 13.2 Å². The van der Waals surface area contributed by atoms with Crippen molar-refractivity contribution in [2.24, 2.45) is 17.8 Å². The van der Waals surface area contributed by atoms with E-state index in [9.17, 15) is 5.11 Å². The standard InChI is InChI=1S/C11H18O3/c1-7-6-9-8(10(7)12)2-3-11(9)13-4-5-14-11/h7-10,12H,2-6H2,1H3/t7-,8+,9+,10-/m1/s1. The summed E-state index contributed by atoms with van der Waals surface area (Å²) < 4.78 is 11.6. The molecule has 0 aromatic carbocycles. The van der Waals surface area contributed by atoms with Gasteiger partial charge >= 0.3 is 0 Å². The molecule has 1 spiro atoms. The van der Waals surface area contributed by atoms with Gasteiger partial charge < -0.3 is 14.6 Å². The Bertz CT molecular complexity index is 235. The fourth-order valence-electron chi connectivity index (χ4n) is 3.63. The maximum atomic E-state index is 10.0. The summed E-state index contributed by atoms with van der Waals surface area (Å²) in [6, 6.07) is 0. The molecule has 4 atom stereocenters. The van der Waals surface area contributed by atoms with E-state index in [1.54, 1.807) is 0 Å². The summed E-state index contributed by atoms with van der Waals surface area (Å²) >= 11 is 0. The zero-order chi connectivity index (χ0) is 9.76. The minimum absolute atomic E-state index is 0.132. The van der Waals surface area contributed by atoms with E-state index in [0.717, 1.165) is 32.5 Å². The molecule has 3 rings (SSSR count). The van der Waals surface area contributed by atoms with Crippen molar-refractivity contribution in [1.29, 1.82) is 0 Å². The lowest BCUT2D eigenvalue weighted by atomic mass is 9.96. The molecule has 0 amide bonds. The highest BCUT2D eigenvalue weighted by Gasteiger charge is 2.58. The smallest absolute Gasteiger partial charge is 0.171 e. The van der Waals surface area contributed by atoms with Crippen molar-refractivity contribution in [1.82, 2.24) is 0 Å².